The van der Waals surface area contributed by atoms with Crippen molar-refractivity contribution in [2.45, 2.75) is 37.8 Å². The van der Waals surface area contributed by atoms with Crippen molar-refractivity contribution in [1.82, 2.24) is 19.0 Å². The molecule has 0 amide bonds. The quantitative estimate of drug-likeness (QED) is 0.687. The molecular weight excluding hydrogens is 364 g/mol. The molecule has 3 unspecified atom stereocenters. The van der Waals surface area contributed by atoms with Crippen LogP contribution < -0.4 is 0 Å². The highest BCUT2D eigenvalue weighted by Gasteiger charge is 2.52. The standard InChI is InChI=1S/C23H28N4O2/c1-15-17-11-20-23(29-4,18-6-5-7-19(22(17)18)26(15)3)12-16(13-25(20)2)10-21(28)27-9-8-24-14-27/h5-9,14,16,20H,10-13H2,1-4H3. The minimum atomic E-state index is -0.396. The summed E-state index contributed by atoms with van der Waals surface area (Å²) in [6.45, 7) is 3.11. The third-order valence-corrected chi connectivity index (χ3v) is 7.33. The van der Waals surface area contributed by atoms with Crippen molar-refractivity contribution < 1.29 is 9.53 Å². The van der Waals surface area contributed by atoms with E-state index in [0.717, 1.165) is 19.4 Å². The zero-order chi connectivity index (χ0) is 20.3. The Morgan fingerprint density at radius 1 is 1.34 bits per heavy atom. The molecule has 3 heterocycles. The van der Waals surface area contributed by atoms with E-state index in [1.165, 1.54) is 27.7 Å². The van der Waals surface area contributed by atoms with Gasteiger partial charge in [0.25, 0.3) is 0 Å². The van der Waals surface area contributed by atoms with E-state index in [0.29, 0.717) is 6.42 Å². The second-order valence-corrected chi connectivity index (χ2v) is 8.71. The molecule has 3 atom stereocenters. The van der Waals surface area contributed by atoms with Gasteiger partial charge in [-0.25, -0.2) is 4.98 Å². The third-order valence-electron chi connectivity index (χ3n) is 7.33. The summed E-state index contributed by atoms with van der Waals surface area (Å²) in [7, 11) is 6.16. The number of nitrogens with zero attached hydrogens (tertiary/aromatic N) is 4. The van der Waals surface area contributed by atoms with Crippen molar-refractivity contribution in [2.24, 2.45) is 13.0 Å². The number of imidazole rings is 1. The molecule has 29 heavy (non-hydrogen) atoms. The Kier molecular flexibility index (Phi) is 4.19. The number of fused-ring (bicyclic) bond motifs is 2. The zero-order valence-corrected chi connectivity index (χ0v) is 17.6. The van der Waals surface area contributed by atoms with E-state index in [9.17, 15) is 4.79 Å². The molecule has 5 rings (SSSR count). The second kappa shape index (κ2) is 6.54. The van der Waals surface area contributed by atoms with Gasteiger partial charge in [0.1, 0.15) is 11.9 Å². The number of aryl methyl sites for hydroxylation is 1. The third kappa shape index (κ3) is 2.55. The van der Waals surface area contributed by atoms with Crippen LogP contribution in [0.15, 0.2) is 36.9 Å². The van der Waals surface area contributed by atoms with Gasteiger partial charge in [-0.3, -0.25) is 14.3 Å². The molecule has 0 saturated carbocycles. The fourth-order valence-electron chi connectivity index (χ4n) is 5.85. The van der Waals surface area contributed by atoms with E-state index in [-0.39, 0.29) is 17.9 Å². The van der Waals surface area contributed by atoms with Gasteiger partial charge < -0.3 is 9.30 Å². The van der Waals surface area contributed by atoms with Crippen LogP contribution in [0.1, 0.15) is 34.5 Å². The van der Waals surface area contributed by atoms with E-state index in [1.54, 1.807) is 23.3 Å². The second-order valence-electron chi connectivity index (χ2n) is 8.71. The van der Waals surface area contributed by atoms with Crippen LogP contribution in [0.5, 0.6) is 0 Å². The maximum atomic E-state index is 12.7. The van der Waals surface area contributed by atoms with Gasteiger partial charge in [0.05, 0.1) is 0 Å². The Bertz CT molecular complexity index is 1080. The van der Waals surface area contributed by atoms with Crippen LogP contribution >= 0.6 is 0 Å². The van der Waals surface area contributed by atoms with Gasteiger partial charge in [-0.05, 0) is 49.9 Å². The molecular formula is C23H28N4O2. The molecule has 1 saturated heterocycles. The van der Waals surface area contributed by atoms with E-state index in [1.807, 2.05) is 7.11 Å². The lowest BCUT2D eigenvalue weighted by Gasteiger charge is -2.53. The summed E-state index contributed by atoms with van der Waals surface area (Å²) < 4.78 is 10.3. The summed E-state index contributed by atoms with van der Waals surface area (Å²) in [5.74, 6) is 0.323. The first-order valence-electron chi connectivity index (χ1n) is 10.3. The predicted octanol–water partition coefficient (Wildman–Crippen LogP) is 3.13. The Morgan fingerprint density at radius 2 is 2.17 bits per heavy atom. The minimum absolute atomic E-state index is 0.0934. The fourth-order valence-corrected chi connectivity index (χ4v) is 5.85. The van der Waals surface area contributed by atoms with Crippen LogP contribution in [0, 0.1) is 12.8 Å². The number of hydrogen-bond donors (Lipinski definition) is 0. The number of carbonyl (C=O) groups excluding carboxylic acids is 1. The number of piperidine rings is 1. The molecule has 0 radical (unpaired) electrons. The van der Waals surface area contributed by atoms with E-state index < -0.39 is 5.60 Å². The molecule has 152 valence electrons. The summed E-state index contributed by atoms with van der Waals surface area (Å²) in [4.78, 5) is 19.2. The lowest BCUT2D eigenvalue weighted by Crippen LogP contribution is -2.59. The average Bonchev–Trinajstić information content (AvgIpc) is 3.34. The van der Waals surface area contributed by atoms with Crippen LogP contribution in [0.25, 0.3) is 10.9 Å². The van der Waals surface area contributed by atoms with Crippen molar-refractivity contribution in [2.75, 3.05) is 20.7 Å². The highest BCUT2D eigenvalue weighted by molar-refractivity contribution is 5.91. The minimum Gasteiger partial charge on any atom is -0.372 e. The van der Waals surface area contributed by atoms with E-state index in [2.05, 4.69) is 53.7 Å². The molecule has 1 fully saturated rings. The highest BCUT2D eigenvalue weighted by atomic mass is 16.5. The Hall–Kier alpha value is -2.44. The molecule has 1 aliphatic carbocycles. The predicted molar refractivity (Wildman–Crippen MR) is 112 cm³/mol. The molecule has 3 aromatic rings. The van der Waals surface area contributed by atoms with Gasteiger partial charge in [-0.15, -0.1) is 0 Å². The van der Waals surface area contributed by atoms with Crippen molar-refractivity contribution in [3.05, 3.63) is 53.7 Å². The first-order valence-corrected chi connectivity index (χ1v) is 10.3. The van der Waals surface area contributed by atoms with Gasteiger partial charge in [0.15, 0.2) is 0 Å². The number of benzene rings is 1. The number of hydrogen-bond acceptors (Lipinski definition) is 4. The fraction of sp³-hybridized carbons (Fsp3) is 0.478. The first kappa shape index (κ1) is 18.6. The molecule has 6 nitrogen and oxygen atoms in total. The lowest BCUT2D eigenvalue weighted by molar-refractivity contribution is -0.125. The molecule has 0 spiro atoms. The van der Waals surface area contributed by atoms with Gasteiger partial charge in [0, 0.05) is 62.2 Å². The van der Waals surface area contributed by atoms with Crippen LogP contribution in [0.3, 0.4) is 0 Å². The lowest BCUT2D eigenvalue weighted by atomic mass is 9.68. The number of carbonyl (C=O) groups is 1. The average molecular weight is 393 g/mol. The maximum absolute atomic E-state index is 12.7. The Balaban J connectivity index is 1.58. The molecule has 0 bridgehead atoms. The van der Waals surface area contributed by atoms with Crippen LogP contribution in [0.2, 0.25) is 0 Å². The van der Waals surface area contributed by atoms with Crippen molar-refractivity contribution in [3.63, 3.8) is 0 Å². The van der Waals surface area contributed by atoms with Gasteiger partial charge in [-0.1, -0.05) is 12.1 Å². The monoisotopic (exact) mass is 392 g/mol. The van der Waals surface area contributed by atoms with Gasteiger partial charge in [-0.2, -0.15) is 0 Å². The molecule has 1 aliphatic heterocycles. The van der Waals surface area contributed by atoms with Crippen LogP contribution in [-0.2, 0) is 23.8 Å². The number of likely N-dealkylation sites (tertiary alicyclic amines) is 1. The smallest absolute Gasteiger partial charge is 0.232 e. The van der Waals surface area contributed by atoms with Crippen LogP contribution in [0.4, 0.5) is 0 Å². The summed E-state index contributed by atoms with van der Waals surface area (Å²) in [6.07, 6.45) is 7.29. The zero-order valence-electron chi connectivity index (χ0n) is 17.6. The Morgan fingerprint density at radius 3 is 2.90 bits per heavy atom. The number of ether oxygens (including phenoxy) is 1. The van der Waals surface area contributed by atoms with Crippen molar-refractivity contribution in [3.8, 4) is 0 Å². The largest absolute Gasteiger partial charge is 0.372 e. The maximum Gasteiger partial charge on any atom is 0.232 e. The van der Waals surface area contributed by atoms with E-state index in [4.69, 9.17) is 4.74 Å². The van der Waals surface area contributed by atoms with Crippen molar-refractivity contribution in [1.29, 1.82) is 0 Å². The molecule has 1 aromatic carbocycles. The summed E-state index contributed by atoms with van der Waals surface area (Å²) in [6, 6.07) is 6.84. The van der Waals surface area contributed by atoms with Crippen molar-refractivity contribution >= 4 is 16.8 Å². The highest BCUT2D eigenvalue weighted by Crippen LogP contribution is 2.50. The molecule has 6 heteroatoms. The molecule has 0 N–H and O–H groups in total. The topological polar surface area (TPSA) is 52.3 Å². The van der Waals surface area contributed by atoms with Crippen LogP contribution in [-0.4, -0.2) is 51.7 Å². The summed E-state index contributed by atoms with van der Waals surface area (Å²) in [5.41, 5.74) is 4.93. The van der Waals surface area contributed by atoms with Gasteiger partial charge in [0.2, 0.25) is 5.91 Å². The number of methoxy groups -OCH3 is 1. The number of aromatic nitrogens is 3. The number of rotatable bonds is 3. The summed E-state index contributed by atoms with van der Waals surface area (Å²) >= 11 is 0. The summed E-state index contributed by atoms with van der Waals surface area (Å²) in [5, 5.41) is 1.35. The molecule has 2 aromatic heterocycles. The number of likely N-dealkylation sites (N-methyl/N-ethyl adjacent to an activating group) is 1. The normalized spacial score (nSPS) is 26.6. The SMILES string of the molecule is COC12CC(CC(=O)n3ccnc3)CN(C)C1Cc1c(C)n(C)c3cccc2c13. The van der Waals surface area contributed by atoms with Gasteiger partial charge >= 0.3 is 0 Å². The van der Waals surface area contributed by atoms with E-state index >= 15 is 0 Å². The first-order chi connectivity index (χ1) is 14.0. The molecule has 2 aliphatic rings. The Labute approximate surface area is 171 Å².